The number of carbonyl (C=O) groups is 1. The van der Waals surface area contributed by atoms with Crippen LogP contribution >= 0.6 is 11.6 Å². The van der Waals surface area contributed by atoms with E-state index in [2.05, 4.69) is 4.99 Å². The first-order valence-electron chi connectivity index (χ1n) is 8.81. The van der Waals surface area contributed by atoms with Gasteiger partial charge in [0, 0.05) is 23.5 Å². The minimum atomic E-state index is -0.182. The summed E-state index contributed by atoms with van der Waals surface area (Å²) in [7, 11) is 0. The fourth-order valence-electron chi connectivity index (χ4n) is 2.77. The van der Waals surface area contributed by atoms with Crippen LogP contribution < -0.4 is 0 Å². The monoisotopic (exact) mass is 364 g/mol. The molecule has 0 aliphatic heterocycles. The van der Waals surface area contributed by atoms with E-state index in [4.69, 9.17) is 11.6 Å². The highest BCUT2D eigenvalue weighted by Crippen LogP contribution is 2.22. The highest BCUT2D eigenvalue weighted by atomic mass is 35.5. The third-order valence-electron chi connectivity index (χ3n) is 3.90. The molecule has 0 bridgehead atoms. The molecular weight excluding hydrogens is 336 g/mol. The van der Waals surface area contributed by atoms with Gasteiger partial charge in [0.25, 0.3) is 5.91 Å². The molecule has 25 heavy (non-hydrogen) atoms. The molecule has 0 spiro atoms. The molecule has 0 aromatic heterocycles. The van der Waals surface area contributed by atoms with E-state index in [0.29, 0.717) is 34.8 Å². The van der Waals surface area contributed by atoms with Crippen LogP contribution in [0.3, 0.4) is 0 Å². The summed E-state index contributed by atoms with van der Waals surface area (Å²) >= 11 is 5.92. The Morgan fingerprint density at radius 3 is 2.00 bits per heavy atom. The van der Waals surface area contributed by atoms with Gasteiger partial charge in [-0.25, -0.2) is 0 Å². The largest absolute Gasteiger partial charge is 0.511 e. The molecule has 1 aromatic carbocycles. The third kappa shape index (κ3) is 5.60. The van der Waals surface area contributed by atoms with Crippen molar-refractivity contribution in [3.05, 3.63) is 40.6 Å². The van der Waals surface area contributed by atoms with Crippen molar-refractivity contribution in [1.29, 1.82) is 0 Å². The van der Waals surface area contributed by atoms with Crippen molar-refractivity contribution in [2.75, 3.05) is 0 Å². The molecule has 0 atom stereocenters. The van der Waals surface area contributed by atoms with Crippen LogP contribution in [0.25, 0.3) is 0 Å². The summed E-state index contributed by atoms with van der Waals surface area (Å²) < 4.78 is 0. The molecule has 0 unspecified atom stereocenters. The Morgan fingerprint density at radius 2 is 1.60 bits per heavy atom. The van der Waals surface area contributed by atoms with Gasteiger partial charge in [0.2, 0.25) is 0 Å². The van der Waals surface area contributed by atoms with Crippen molar-refractivity contribution in [3.8, 4) is 0 Å². The summed E-state index contributed by atoms with van der Waals surface area (Å²) in [5.74, 6) is -0.107. The second-order valence-electron chi connectivity index (χ2n) is 6.46. The SMILES string of the molecule is CCC(=Nc1ccc(Cl)cc1)/C(C(=O)N(C(C)C)C(C)C)=C(/O)CC. The molecule has 0 aliphatic carbocycles. The van der Waals surface area contributed by atoms with Crippen molar-refractivity contribution < 1.29 is 9.90 Å². The summed E-state index contributed by atoms with van der Waals surface area (Å²) in [6.07, 6.45) is 0.919. The number of aliphatic imine (C=N–C) groups is 1. The topological polar surface area (TPSA) is 52.9 Å². The lowest BCUT2D eigenvalue weighted by molar-refractivity contribution is -0.130. The van der Waals surface area contributed by atoms with Crippen LogP contribution in [0.2, 0.25) is 5.02 Å². The van der Waals surface area contributed by atoms with Gasteiger partial charge in [0.1, 0.15) is 5.76 Å². The van der Waals surface area contributed by atoms with Crippen LogP contribution in [0.1, 0.15) is 54.4 Å². The molecule has 0 heterocycles. The number of rotatable bonds is 7. The van der Waals surface area contributed by atoms with Crippen molar-refractivity contribution in [1.82, 2.24) is 4.90 Å². The summed E-state index contributed by atoms with van der Waals surface area (Å²) in [4.78, 5) is 19.6. The van der Waals surface area contributed by atoms with Crippen LogP contribution in [0.15, 0.2) is 40.6 Å². The number of benzene rings is 1. The predicted molar refractivity (Wildman–Crippen MR) is 106 cm³/mol. The molecule has 1 rings (SSSR count). The van der Waals surface area contributed by atoms with Gasteiger partial charge in [0.15, 0.2) is 0 Å². The molecule has 0 fully saturated rings. The van der Waals surface area contributed by atoms with Crippen molar-refractivity contribution >= 4 is 28.9 Å². The van der Waals surface area contributed by atoms with Crippen LogP contribution in [-0.4, -0.2) is 33.7 Å². The highest BCUT2D eigenvalue weighted by molar-refractivity contribution is 6.30. The van der Waals surface area contributed by atoms with E-state index in [1.54, 1.807) is 29.2 Å². The van der Waals surface area contributed by atoms with E-state index >= 15 is 0 Å². The van der Waals surface area contributed by atoms with Crippen LogP contribution in [0, 0.1) is 0 Å². The number of hydrogen-bond donors (Lipinski definition) is 1. The molecule has 5 heteroatoms. The minimum absolute atomic E-state index is 0.0285. The summed E-state index contributed by atoms with van der Waals surface area (Å²) in [5, 5.41) is 11.1. The first-order valence-corrected chi connectivity index (χ1v) is 9.18. The number of aliphatic hydroxyl groups excluding tert-OH is 1. The van der Waals surface area contributed by atoms with E-state index < -0.39 is 0 Å². The molecule has 138 valence electrons. The number of aliphatic hydroxyl groups is 1. The smallest absolute Gasteiger partial charge is 0.259 e. The van der Waals surface area contributed by atoms with Crippen LogP contribution in [0.5, 0.6) is 0 Å². The Balaban J connectivity index is 3.42. The highest BCUT2D eigenvalue weighted by Gasteiger charge is 2.28. The number of amides is 1. The zero-order valence-corrected chi connectivity index (χ0v) is 16.8. The Kier molecular flexibility index (Phi) is 8.17. The Labute approximate surface area is 156 Å². The summed E-state index contributed by atoms with van der Waals surface area (Å²) in [6, 6.07) is 7.17. The fraction of sp³-hybridized carbons (Fsp3) is 0.500. The van der Waals surface area contributed by atoms with Gasteiger partial charge in [-0.15, -0.1) is 0 Å². The molecule has 1 N–H and O–H groups in total. The lowest BCUT2D eigenvalue weighted by atomic mass is 10.0. The van der Waals surface area contributed by atoms with Gasteiger partial charge in [-0.1, -0.05) is 25.4 Å². The maximum absolute atomic E-state index is 13.2. The number of carbonyl (C=O) groups excluding carboxylic acids is 1. The van der Waals surface area contributed by atoms with Gasteiger partial charge in [-0.05, 0) is 58.4 Å². The molecule has 1 amide bonds. The second kappa shape index (κ2) is 9.62. The average Bonchev–Trinajstić information content (AvgIpc) is 2.55. The van der Waals surface area contributed by atoms with E-state index in [1.807, 2.05) is 41.5 Å². The maximum atomic E-state index is 13.2. The number of hydrogen-bond acceptors (Lipinski definition) is 3. The average molecular weight is 365 g/mol. The Bertz CT molecular complexity index is 638. The van der Waals surface area contributed by atoms with Crippen molar-refractivity contribution in [2.24, 2.45) is 4.99 Å². The van der Waals surface area contributed by atoms with E-state index in [-0.39, 0.29) is 23.8 Å². The number of nitrogens with zero attached hydrogens (tertiary/aromatic N) is 2. The van der Waals surface area contributed by atoms with Crippen LogP contribution in [-0.2, 0) is 4.79 Å². The molecular formula is C20H29ClN2O2. The van der Waals surface area contributed by atoms with Crippen LogP contribution in [0.4, 0.5) is 5.69 Å². The molecule has 1 aromatic rings. The van der Waals surface area contributed by atoms with Crippen molar-refractivity contribution in [2.45, 2.75) is 66.5 Å². The maximum Gasteiger partial charge on any atom is 0.259 e. The van der Waals surface area contributed by atoms with E-state index in [1.165, 1.54) is 0 Å². The molecule has 0 aliphatic rings. The van der Waals surface area contributed by atoms with Gasteiger partial charge < -0.3 is 10.0 Å². The van der Waals surface area contributed by atoms with Gasteiger partial charge in [-0.2, -0.15) is 0 Å². The molecule has 0 radical (unpaired) electrons. The lowest BCUT2D eigenvalue weighted by Crippen LogP contribution is -2.44. The van der Waals surface area contributed by atoms with Gasteiger partial charge in [-0.3, -0.25) is 9.79 Å². The number of allylic oxidation sites excluding steroid dienone is 1. The molecule has 0 saturated heterocycles. The first kappa shape index (κ1) is 21.2. The van der Waals surface area contributed by atoms with Gasteiger partial charge >= 0.3 is 0 Å². The second-order valence-corrected chi connectivity index (χ2v) is 6.90. The quantitative estimate of drug-likeness (QED) is 0.384. The van der Waals surface area contributed by atoms with E-state index in [9.17, 15) is 9.90 Å². The molecule has 4 nitrogen and oxygen atoms in total. The summed E-state index contributed by atoms with van der Waals surface area (Å²) in [5.41, 5.74) is 1.59. The lowest BCUT2D eigenvalue weighted by Gasteiger charge is -2.32. The van der Waals surface area contributed by atoms with Gasteiger partial charge in [0.05, 0.1) is 17.0 Å². The number of halogens is 1. The standard InChI is InChI=1S/C20H29ClN2O2/c1-7-17(22-16-11-9-15(21)10-12-16)19(18(24)8-2)20(25)23(13(3)4)14(5)6/h9-14,24H,7-8H2,1-6H3/b19-18-,22-17?. The van der Waals surface area contributed by atoms with Crippen molar-refractivity contribution in [3.63, 3.8) is 0 Å². The Morgan fingerprint density at radius 1 is 1.08 bits per heavy atom. The summed E-state index contributed by atoms with van der Waals surface area (Å²) in [6.45, 7) is 11.6. The van der Waals surface area contributed by atoms with E-state index in [0.717, 1.165) is 0 Å². The third-order valence-corrected chi connectivity index (χ3v) is 4.15. The zero-order valence-electron chi connectivity index (χ0n) is 16.0. The first-order chi connectivity index (χ1) is 11.7. The Hall–Kier alpha value is -1.81. The molecule has 0 saturated carbocycles. The normalized spacial score (nSPS) is 13.2. The zero-order chi connectivity index (χ0) is 19.1. The predicted octanol–water partition coefficient (Wildman–Crippen LogP) is 5.69. The fourth-order valence-corrected chi connectivity index (χ4v) is 2.89. The minimum Gasteiger partial charge on any atom is -0.511 e.